The predicted octanol–water partition coefficient (Wildman–Crippen LogP) is 2.17. The number of benzene rings is 1. The van der Waals surface area contributed by atoms with Crippen molar-refractivity contribution < 1.29 is 8.78 Å². The van der Waals surface area contributed by atoms with Gasteiger partial charge in [-0.05, 0) is 28.1 Å². The average Bonchev–Trinajstić information content (AvgIpc) is 2.64. The van der Waals surface area contributed by atoms with E-state index < -0.39 is 17.7 Å². The molecule has 0 aliphatic carbocycles. The minimum absolute atomic E-state index is 0.197. The molecule has 5 nitrogen and oxygen atoms in total. The zero-order valence-corrected chi connectivity index (χ0v) is 12.8. The summed E-state index contributed by atoms with van der Waals surface area (Å²) in [6, 6.07) is 1.42. The minimum atomic E-state index is -0.914. The van der Waals surface area contributed by atoms with Gasteiger partial charge in [0.25, 0.3) is 0 Å². The first-order valence-electron chi connectivity index (χ1n) is 5.11. The van der Waals surface area contributed by atoms with Crippen molar-refractivity contribution in [3.63, 3.8) is 0 Å². The second kappa shape index (κ2) is 5.61. The van der Waals surface area contributed by atoms with Gasteiger partial charge in [0.05, 0.1) is 11.7 Å². The molecule has 1 unspecified atom stereocenters. The van der Waals surface area contributed by atoms with Crippen LogP contribution in [-0.4, -0.2) is 15.0 Å². The highest BCUT2D eigenvalue weighted by Crippen LogP contribution is 2.31. The summed E-state index contributed by atoms with van der Waals surface area (Å²) in [6.07, 6.45) is 0. The molecular weight excluding hydrogens is 388 g/mol. The SMILES string of the molecule is Cn1nnc(Br)c1C(NN)c1c(F)cc(Br)cc1F. The highest BCUT2D eigenvalue weighted by Gasteiger charge is 2.27. The molecule has 102 valence electrons. The molecule has 19 heavy (non-hydrogen) atoms. The third-order valence-electron chi connectivity index (χ3n) is 2.60. The van der Waals surface area contributed by atoms with Crippen molar-refractivity contribution in [2.24, 2.45) is 12.9 Å². The van der Waals surface area contributed by atoms with Gasteiger partial charge in [0, 0.05) is 17.1 Å². The zero-order chi connectivity index (χ0) is 14.2. The summed E-state index contributed by atoms with van der Waals surface area (Å²) in [4.78, 5) is 0. The van der Waals surface area contributed by atoms with Gasteiger partial charge in [0.1, 0.15) is 11.6 Å². The van der Waals surface area contributed by atoms with Crippen molar-refractivity contribution >= 4 is 31.9 Å². The third kappa shape index (κ3) is 2.69. The Kier molecular flexibility index (Phi) is 4.29. The lowest BCUT2D eigenvalue weighted by Gasteiger charge is -2.18. The monoisotopic (exact) mass is 395 g/mol. The fourth-order valence-corrected chi connectivity index (χ4v) is 2.73. The first-order chi connectivity index (χ1) is 8.95. The molecule has 1 aromatic heterocycles. The number of rotatable bonds is 3. The smallest absolute Gasteiger partial charge is 0.153 e. The quantitative estimate of drug-likeness (QED) is 0.616. The van der Waals surface area contributed by atoms with Crippen LogP contribution in [0.15, 0.2) is 21.2 Å². The molecule has 2 aromatic rings. The molecule has 1 heterocycles. The van der Waals surface area contributed by atoms with Gasteiger partial charge in [-0.25, -0.2) is 18.9 Å². The fraction of sp³-hybridized carbons (Fsp3) is 0.200. The van der Waals surface area contributed by atoms with Gasteiger partial charge in [0.15, 0.2) is 4.60 Å². The molecule has 0 aliphatic heterocycles. The Morgan fingerprint density at radius 1 is 1.32 bits per heavy atom. The van der Waals surface area contributed by atoms with Crippen molar-refractivity contribution in [2.75, 3.05) is 0 Å². The minimum Gasteiger partial charge on any atom is -0.271 e. The van der Waals surface area contributed by atoms with Gasteiger partial charge < -0.3 is 0 Å². The molecule has 0 amide bonds. The second-order valence-corrected chi connectivity index (χ2v) is 5.44. The maximum Gasteiger partial charge on any atom is 0.153 e. The van der Waals surface area contributed by atoms with Crippen LogP contribution in [0.25, 0.3) is 0 Å². The number of nitrogens with one attached hydrogen (secondary N) is 1. The molecule has 3 N–H and O–H groups in total. The van der Waals surface area contributed by atoms with E-state index in [1.165, 1.54) is 16.8 Å². The van der Waals surface area contributed by atoms with Gasteiger partial charge in [0.2, 0.25) is 0 Å². The number of hydrogen-bond acceptors (Lipinski definition) is 4. The Labute approximate surface area is 124 Å². The second-order valence-electron chi connectivity index (χ2n) is 3.77. The number of aromatic nitrogens is 3. The maximum absolute atomic E-state index is 14.0. The number of nitrogens with two attached hydrogens (primary N) is 1. The number of halogens is 4. The molecule has 9 heteroatoms. The number of nitrogens with zero attached hydrogens (tertiary/aromatic N) is 3. The summed E-state index contributed by atoms with van der Waals surface area (Å²) < 4.78 is 30.0. The lowest BCUT2D eigenvalue weighted by atomic mass is 10.0. The Balaban J connectivity index is 2.61. The predicted molar refractivity (Wildman–Crippen MR) is 71.9 cm³/mol. The van der Waals surface area contributed by atoms with Crippen molar-refractivity contribution in [2.45, 2.75) is 6.04 Å². The fourth-order valence-electron chi connectivity index (χ4n) is 1.77. The first-order valence-corrected chi connectivity index (χ1v) is 6.70. The molecule has 0 fully saturated rings. The normalized spacial score (nSPS) is 12.7. The molecule has 0 saturated carbocycles. The van der Waals surface area contributed by atoms with Crippen LogP contribution in [0.3, 0.4) is 0 Å². The molecule has 0 spiro atoms. The maximum atomic E-state index is 14.0. The standard InChI is InChI=1S/C10H9Br2F2N5/c1-19-9(10(12)17-18-19)8(16-15)7-5(13)2-4(11)3-6(7)14/h2-3,8,16H,15H2,1H3. The summed E-state index contributed by atoms with van der Waals surface area (Å²) in [5.41, 5.74) is 2.60. The molecule has 1 atom stereocenters. The van der Waals surface area contributed by atoms with Crippen LogP contribution in [0, 0.1) is 11.6 Å². The highest BCUT2D eigenvalue weighted by molar-refractivity contribution is 9.10. The largest absolute Gasteiger partial charge is 0.271 e. The first kappa shape index (κ1) is 14.5. The van der Waals surface area contributed by atoms with Crippen LogP contribution < -0.4 is 11.3 Å². The van der Waals surface area contributed by atoms with Crippen LogP contribution in [-0.2, 0) is 7.05 Å². The summed E-state index contributed by atoms with van der Waals surface area (Å²) in [6.45, 7) is 0. The highest BCUT2D eigenvalue weighted by atomic mass is 79.9. The van der Waals surface area contributed by atoms with Crippen LogP contribution in [0.2, 0.25) is 0 Å². The Hall–Kier alpha value is -0.900. The van der Waals surface area contributed by atoms with Crippen molar-refractivity contribution in [3.05, 3.63) is 44.1 Å². The van der Waals surface area contributed by atoms with Crippen molar-refractivity contribution in [3.8, 4) is 0 Å². The van der Waals surface area contributed by atoms with Crippen LogP contribution >= 0.6 is 31.9 Å². The number of aryl methyl sites for hydroxylation is 1. The summed E-state index contributed by atoms with van der Waals surface area (Å²) >= 11 is 6.20. The van der Waals surface area contributed by atoms with Crippen LogP contribution in [0.1, 0.15) is 17.3 Å². The van der Waals surface area contributed by atoms with Gasteiger partial charge >= 0.3 is 0 Å². The van der Waals surface area contributed by atoms with E-state index in [4.69, 9.17) is 5.84 Å². The lowest BCUT2D eigenvalue weighted by molar-refractivity contribution is 0.491. The topological polar surface area (TPSA) is 68.8 Å². The average molecular weight is 397 g/mol. The molecule has 0 bridgehead atoms. The van der Waals surface area contributed by atoms with Crippen LogP contribution in [0.5, 0.6) is 0 Å². The Morgan fingerprint density at radius 2 is 1.89 bits per heavy atom. The molecule has 1 aromatic carbocycles. The van der Waals surface area contributed by atoms with E-state index in [2.05, 4.69) is 47.6 Å². The molecule has 0 radical (unpaired) electrons. The molecular formula is C10H9Br2F2N5. The van der Waals surface area contributed by atoms with Gasteiger partial charge in [-0.3, -0.25) is 5.84 Å². The summed E-state index contributed by atoms with van der Waals surface area (Å²) in [7, 11) is 1.60. The van der Waals surface area contributed by atoms with E-state index in [9.17, 15) is 8.78 Å². The molecule has 0 aliphatic rings. The molecule has 0 saturated heterocycles. The van der Waals surface area contributed by atoms with Crippen molar-refractivity contribution in [1.29, 1.82) is 0 Å². The summed E-state index contributed by atoms with van der Waals surface area (Å²) in [5.74, 6) is 3.99. The van der Waals surface area contributed by atoms with E-state index in [0.29, 0.717) is 14.8 Å². The molecule has 2 rings (SSSR count). The van der Waals surface area contributed by atoms with Crippen LogP contribution in [0.4, 0.5) is 8.78 Å². The Morgan fingerprint density at radius 3 is 2.32 bits per heavy atom. The zero-order valence-electron chi connectivity index (χ0n) is 9.66. The summed E-state index contributed by atoms with van der Waals surface area (Å²) in [5, 5.41) is 7.52. The van der Waals surface area contributed by atoms with E-state index in [-0.39, 0.29) is 5.56 Å². The van der Waals surface area contributed by atoms with E-state index in [1.54, 1.807) is 7.05 Å². The number of hydrazine groups is 1. The van der Waals surface area contributed by atoms with E-state index in [0.717, 1.165) is 0 Å². The Bertz CT molecular complexity index is 573. The van der Waals surface area contributed by atoms with Gasteiger partial charge in [-0.15, -0.1) is 5.10 Å². The third-order valence-corrected chi connectivity index (χ3v) is 3.62. The number of hydrogen-bond donors (Lipinski definition) is 2. The van der Waals surface area contributed by atoms with E-state index in [1.807, 2.05) is 0 Å². The van der Waals surface area contributed by atoms with E-state index >= 15 is 0 Å². The van der Waals surface area contributed by atoms with Gasteiger partial charge in [-0.2, -0.15) is 0 Å². The van der Waals surface area contributed by atoms with Gasteiger partial charge in [-0.1, -0.05) is 21.1 Å². The van der Waals surface area contributed by atoms with Crippen molar-refractivity contribution in [1.82, 2.24) is 20.4 Å². The lowest BCUT2D eigenvalue weighted by Crippen LogP contribution is -2.32.